The molecule has 3 rings (SSSR count). The molecule has 134 valence electrons. The average molecular weight is 354 g/mol. The quantitative estimate of drug-likeness (QED) is 0.878. The predicted molar refractivity (Wildman–Crippen MR) is 92.9 cm³/mol. The van der Waals surface area contributed by atoms with E-state index in [1.807, 2.05) is 0 Å². The minimum absolute atomic E-state index is 0.156. The van der Waals surface area contributed by atoms with Gasteiger partial charge in [0.15, 0.2) is 5.69 Å². The van der Waals surface area contributed by atoms with Crippen molar-refractivity contribution >= 4 is 5.91 Å². The summed E-state index contributed by atoms with van der Waals surface area (Å²) in [5.41, 5.74) is -0.665. The van der Waals surface area contributed by atoms with Gasteiger partial charge in [-0.3, -0.25) is 18.7 Å². The Kier molecular flexibility index (Phi) is 4.38. The first-order valence-corrected chi connectivity index (χ1v) is 8.22. The van der Waals surface area contributed by atoms with Crippen molar-refractivity contribution in [3.63, 3.8) is 0 Å². The van der Waals surface area contributed by atoms with Crippen LogP contribution >= 0.6 is 0 Å². The van der Waals surface area contributed by atoms with E-state index in [9.17, 15) is 24.8 Å². The summed E-state index contributed by atoms with van der Waals surface area (Å²) in [4.78, 5) is 39.1. The van der Waals surface area contributed by atoms with Crippen LogP contribution in [0.5, 0.6) is 5.75 Å². The summed E-state index contributed by atoms with van der Waals surface area (Å²) in [5.74, 6) is -1.33. The van der Waals surface area contributed by atoms with Gasteiger partial charge in [-0.2, -0.15) is 5.26 Å². The highest BCUT2D eigenvalue weighted by atomic mass is 16.3. The molecule has 0 saturated heterocycles. The van der Waals surface area contributed by atoms with Crippen LogP contribution in [0.25, 0.3) is 0 Å². The molecule has 0 aliphatic carbocycles. The lowest BCUT2D eigenvalue weighted by Gasteiger charge is -2.30. The van der Waals surface area contributed by atoms with E-state index in [1.54, 1.807) is 38.1 Å². The topological polar surface area (TPSA) is 108 Å². The number of carbonyl (C=O) groups is 1. The van der Waals surface area contributed by atoms with Crippen LogP contribution in [0.3, 0.4) is 0 Å². The molecule has 1 aromatic heterocycles. The number of aromatic nitrogens is 2. The number of nitriles is 1. The average Bonchev–Trinajstić information content (AvgIpc) is 2.61. The van der Waals surface area contributed by atoms with E-state index in [4.69, 9.17) is 0 Å². The fourth-order valence-corrected chi connectivity index (χ4v) is 3.13. The summed E-state index contributed by atoms with van der Waals surface area (Å²) in [6.07, 6.45) is 0. The second-order valence-corrected chi connectivity index (χ2v) is 6.40. The highest BCUT2D eigenvalue weighted by Gasteiger charge is 2.32. The lowest BCUT2D eigenvalue weighted by atomic mass is 10.1. The van der Waals surface area contributed by atoms with Crippen LogP contribution in [0.1, 0.15) is 41.5 Å². The third-order valence-electron chi connectivity index (χ3n) is 4.45. The van der Waals surface area contributed by atoms with Gasteiger partial charge >= 0.3 is 5.69 Å². The van der Waals surface area contributed by atoms with Crippen molar-refractivity contribution in [2.45, 2.75) is 33.0 Å². The minimum Gasteiger partial charge on any atom is -0.501 e. The SMILES string of the molecule is CC(C)n1c(=O)c(O)c2n(c1=O)CCN(Cc1ccccc1C#N)C2=O. The lowest BCUT2D eigenvalue weighted by Crippen LogP contribution is -2.50. The predicted octanol–water partition coefficient (Wildman–Crippen LogP) is 0.824. The molecule has 26 heavy (non-hydrogen) atoms. The molecule has 8 heteroatoms. The maximum Gasteiger partial charge on any atom is 0.332 e. The van der Waals surface area contributed by atoms with Crippen LogP contribution in [0.4, 0.5) is 0 Å². The molecule has 0 fully saturated rings. The Morgan fingerprint density at radius 3 is 2.54 bits per heavy atom. The van der Waals surface area contributed by atoms with Crippen molar-refractivity contribution in [1.82, 2.24) is 14.0 Å². The smallest absolute Gasteiger partial charge is 0.332 e. The van der Waals surface area contributed by atoms with Crippen molar-refractivity contribution in [1.29, 1.82) is 5.26 Å². The molecule has 1 aromatic carbocycles. The Morgan fingerprint density at radius 2 is 1.88 bits per heavy atom. The number of hydrogen-bond acceptors (Lipinski definition) is 5. The van der Waals surface area contributed by atoms with Gasteiger partial charge in [0.25, 0.3) is 11.5 Å². The summed E-state index contributed by atoms with van der Waals surface area (Å²) in [6, 6.07) is 8.53. The zero-order valence-corrected chi connectivity index (χ0v) is 14.5. The molecule has 8 nitrogen and oxygen atoms in total. The number of benzene rings is 1. The van der Waals surface area contributed by atoms with Crippen molar-refractivity contribution in [3.05, 3.63) is 61.9 Å². The molecule has 0 unspecified atom stereocenters. The number of hydrogen-bond donors (Lipinski definition) is 1. The maximum absolute atomic E-state index is 12.8. The first-order valence-electron chi connectivity index (χ1n) is 8.22. The van der Waals surface area contributed by atoms with Crippen LogP contribution in [0, 0.1) is 11.3 Å². The zero-order valence-electron chi connectivity index (χ0n) is 14.5. The van der Waals surface area contributed by atoms with Gasteiger partial charge in [0, 0.05) is 25.7 Å². The molecule has 1 aliphatic rings. The van der Waals surface area contributed by atoms with Crippen LogP contribution in [-0.2, 0) is 13.1 Å². The molecule has 0 saturated carbocycles. The van der Waals surface area contributed by atoms with Gasteiger partial charge in [0.05, 0.1) is 11.6 Å². The van der Waals surface area contributed by atoms with Gasteiger partial charge < -0.3 is 10.0 Å². The normalized spacial score (nSPS) is 13.6. The van der Waals surface area contributed by atoms with Crippen LogP contribution in [0.15, 0.2) is 33.9 Å². The van der Waals surface area contributed by atoms with Crippen LogP contribution in [0.2, 0.25) is 0 Å². The van der Waals surface area contributed by atoms with Gasteiger partial charge in [-0.25, -0.2) is 4.79 Å². The molecular weight excluding hydrogens is 336 g/mol. The van der Waals surface area contributed by atoms with Crippen LogP contribution in [-0.4, -0.2) is 31.6 Å². The van der Waals surface area contributed by atoms with E-state index >= 15 is 0 Å². The summed E-state index contributed by atoms with van der Waals surface area (Å²) in [7, 11) is 0. The standard InChI is InChI=1S/C18H18N4O4/c1-11(2)22-17(25)15(23)14-16(24)20(7-8-21(14)18(22)26)10-13-6-4-3-5-12(13)9-19/h3-6,11,23H,7-8,10H2,1-2H3. The van der Waals surface area contributed by atoms with Gasteiger partial charge in [-0.05, 0) is 25.5 Å². The highest BCUT2D eigenvalue weighted by Crippen LogP contribution is 2.20. The molecule has 0 bridgehead atoms. The number of rotatable bonds is 3. The molecule has 1 N–H and O–H groups in total. The number of carbonyl (C=O) groups excluding carboxylic acids is 1. The van der Waals surface area contributed by atoms with E-state index in [0.29, 0.717) is 11.1 Å². The molecule has 2 aromatic rings. The first kappa shape index (κ1) is 17.5. The molecule has 1 amide bonds. The Labute approximate surface area is 149 Å². The van der Waals surface area contributed by atoms with E-state index in [0.717, 1.165) is 9.13 Å². The zero-order chi connectivity index (χ0) is 19.0. The Balaban J connectivity index is 2.06. The molecule has 0 spiro atoms. The number of aromatic hydroxyl groups is 1. The second kappa shape index (κ2) is 6.52. The Bertz CT molecular complexity index is 1040. The van der Waals surface area contributed by atoms with E-state index in [2.05, 4.69) is 6.07 Å². The summed E-state index contributed by atoms with van der Waals surface area (Å²) < 4.78 is 2.08. The molecule has 2 heterocycles. The van der Waals surface area contributed by atoms with E-state index < -0.39 is 28.9 Å². The third-order valence-corrected chi connectivity index (χ3v) is 4.45. The summed E-state index contributed by atoms with van der Waals surface area (Å²) in [5, 5.41) is 19.4. The van der Waals surface area contributed by atoms with Gasteiger partial charge in [-0.15, -0.1) is 0 Å². The van der Waals surface area contributed by atoms with Crippen LogP contribution < -0.4 is 11.2 Å². The monoisotopic (exact) mass is 354 g/mol. The molecule has 0 atom stereocenters. The molecular formula is C18H18N4O4. The van der Waals surface area contributed by atoms with Crippen molar-refractivity contribution < 1.29 is 9.90 Å². The largest absolute Gasteiger partial charge is 0.501 e. The maximum atomic E-state index is 12.8. The van der Waals surface area contributed by atoms with Crippen molar-refractivity contribution in [3.8, 4) is 11.8 Å². The minimum atomic E-state index is -0.871. The van der Waals surface area contributed by atoms with Gasteiger partial charge in [0.2, 0.25) is 5.75 Å². The third kappa shape index (κ3) is 2.67. The van der Waals surface area contributed by atoms with Gasteiger partial charge in [-0.1, -0.05) is 18.2 Å². The number of fused-ring (bicyclic) bond motifs is 1. The van der Waals surface area contributed by atoms with E-state index in [-0.39, 0.29) is 25.3 Å². The first-order chi connectivity index (χ1) is 12.4. The Hall–Kier alpha value is -3.34. The van der Waals surface area contributed by atoms with Gasteiger partial charge in [0.1, 0.15) is 0 Å². The Morgan fingerprint density at radius 1 is 1.19 bits per heavy atom. The fourth-order valence-electron chi connectivity index (χ4n) is 3.13. The highest BCUT2D eigenvalue weighted by molar-refractivity contribution is 5.95. The molecule has 0 radical (unpaired) electrons. The summed E-state index contributed by atoms with van der Waals surface area (Å²) in [6.45, 7) is 3.87. The van der Waals surface area contributed by atoms with Crippen molar-refractivity contribution in [2.75, 3.05) is 6.54 Å². The van der Waals surface area contributed by atoms with Crippen molar-refractivity contribution in [2.24, 2.45) is 0 Å². The molecule has 1 aliphatic heterocycles. The van der Waals surface area contributed by atoms with E-state index in [1.165, 1.54) is 4.90 Å². The number of amides is 1. The summed E-state index contributed by atoms with van der Waals surface area (Å²) >= 11 is 0. The second-order valence-electron chi connectivity index (χ2n) is 6.40. The fraction of sp³-hybridized carbons (Fsp3) is 0.333. The number of nitrogens with zero attached hydrogens (tertiary/aromatic N) is 4. The lowest BCUT2D eigenvalue weighted by molar-refractivity contribution is 0.0676.